The van der Waals surface area contributed by atoms with Gasteiger partial charge in [-0.25, -0.2) is 4.79 Å². The lowest BCUT2D eigenvalue weighted by atomic mass is 9.84. The molecule has 0 aliphatic heterocycles. The fourth-order valence-electron chi connectivity index (χ4n) is 7.85. The normalized spacial score (nSPS) is 15.2. The van der Waals surface area contributed by atoms with Gasteiger partial charge in [0.15, 0.2) is 5.96 Å². The van der Waals surface area contributed by atoms with Gasteiger partial charge in [0.25, 0.3) is 0 Å². The molecule has 71 heavy (non-hydrogen) atoms. The van der Waals surface area contributed by atoms with Crippen molar-refractivity contribution >= 4 is 88.5 Å². The Morgan fingerprint density at radius 3 is 1.83 bits per heavy atom. The number of rotatable bonds is 29. The number of amides is 8. The summed E-state index contributed by atoms with van der Waals surface area (Å²) in [5.41, 5.74) is 23.1. The van der Waals surface area contributed by atoms with Gasteiger partial charge in [-0.1, -0.05) is 106 Å². The van der Waals surface area contributed by atoms with E-state index in [2.05, 4.69) is 36.9 Å². The van der Waals surface area contributed by atoms with Crippen LogP contribution in [0.4, 0.5) is 0 Å². The molecule has 1 aliphatic carbocycles. The second-order valence-electron chi connectivity index (χ2n) is 17.9. The molecule has 1 unspecified atom stereocenters. The lowest BCUT2D eigenvalue weighted by Gasteiger charge is -2.30. The van der Waals surface area contributed by atoms with Crippen LogP contribution in [0.2, 0.25) is 10.0 Å². The van der Waals surface area contributed by atoms with Crippen LogP contribution in [0.1, 0.15) is 102 Å². The Morgan fingerprint density at radius 2 is 1.24 bits per heavy atom. The van der Waals surface area contributed by atoms with Gasteiger partial charge in [0, 0.05) is 25.5 Å². The molecule has 21 nitrogen and oxygen atoms in total. The summed E-state index contributed by atoms with van der Waals surface area (Å²) in [4.78, 5) is 124. The van der Waals surface area contributed by atoms with Crippen molar-refractivity contribution in [1.29, 1.82) is 0 Å². The number of aliphatic imine (C=N–C) groups is 1. The van der Waals surface area contributed by atoms with Crippen molar-refractivity contribution in [3.8, 4) is 0 Å². The highest BCUT2D eigenvalue weighted by Crippen LogP contribution is 2.28. The Labute approximate surface area is 422 Å². The van der Waals surface area contributed by atoms with E-state index in [1.807, 2.05) is 6.07 Å². The van der Waals surface area contributed by atoms with Gasteiger partial charge in [-0.15, -0.1) is 0 Å². The number of benzene rings is 2. The summed E-state index contributed by atoms with van der Waals surface area (Å²) >= 11 is 12.1. The zero-order valence-corrected chi connectivity index (χ0v) is 41.4. The maximum Gasteiger partial charge on any atom is 0.326 e. The van der Waals surface area contributed by atoms with Crippen molar-refractivity contribution in [3.05, 3.63) is 75.8 Å². The summed E-state index contributed by atoms with van der Waals surface area (Å²) in [5, 5.41) is 25.8. The Kier molecular flexibility index (Phi) is 24.8. The van der Waals surface area contributed by atoms with Gasteiger partial charge in [-0.05, 0) is 73.3 Å². The molecule has 2 aromatic carbocycles. The zero-order chi connectivity index (χ0) is 52.6. The first-order valence-electron chi connectivity index (χ1n) is 23.5. The molecule has 2 aromatic rings. The zero-order valence-electron chi connectivity index (χ0n) is 39.9. The molecule has 0 aromatic heterocycles. The van der Waals surface area contributed by atoms with Gasteiger partial charge in [-0.2, -0.15) is 0 Å². The number of carboxylic acid groups (broad SMARTS) is 1. The maximum atomic E-state index is 14.3. The van der Waals surface area contributed by atoms with Crippen LogP contribution in [0.25, 0.3) is 6.08 Å². The molecule has 23 heteroatoms. The monoisotopic (exact) mass is 1030 g/mol. The number of carbonyl (C=O) groups excluding carboxylic acids is 8. The van der Waals surface area contributed by atoms with Crippen molar-refractivity contribution in [3.63, 3.8) is 0 Å². The van der Waals surface area contributed by atoms with Gasteiger partial charge in [-0.3, -0.25) is 43.3 Å². The number of carboxylic acids is 1. The molecule has 1 saturated carbocycles. The van der Waals surface area contributed by atoms with Crippen LogP contribution in [0.15, 0.2) is 59.6 Å². The van der Waals surface area contributed by atoms with E-state index in [1.165, 1.54) is 18.2 Å². The molecular formula is C48H67Cl2N11O10. The summed E-state index contributed by atoms with van der Waals surface area (Å²) in [7, 11) is 0. The molecule has 0 saturated heterocycles. The molecule has 0 bridgehead atoms. The van der Waals surface area contributed by atoms with E-state index < -0.39 is 95.9 Å². The van der Waals surface area contributed by atoms with E-state index >= 15 is 0 Å². The van der Waals surface area contributed by atoms with Crippen LogP contribution in [0, 0.1) is 11.8 Å². The first-order chi connectivity index (χ1) is 33.6. The topological polar surface area (TPSA) is 362 Å². The van der Waals surface area contributed by atoms with Crippen LogP contribution in [-0.4, -0.2) is 107 Å². The molecule has 388 valence electrons. The Morgan fingerprint density at radius 1 is 0.676 bits per heavy atom. The van der Waals surface area contributed by atoms with Crippen LogP contribution < -0.4 is 54.8 Å². The SMILES string of the molecule is CC(C)C[C@H](NC(=O)[C@H](CC(N)=O)NC(=O)[C@H](CC1CCCCC1)NC(=O)C(CCC(N)=O)NC(=O)[C@H](CCCN=C(N)N)NC(=O)/C=C/c1ccccc1)C(=O)N[C@@H](Cc1ccc(Cl)c(Cl)c1)C(=O)O. The summed E-state index contributed by atoms with van der Waals surface area (Å²) in [5.74, 6) is -8.76. The van der Waals surface area contributed by atoms with E-state index in [1.54, 1.807) is 50.3 Å². The second-order valence-corrected chi connectivity index (χ2v) is 18.7. The van der Waals surface area contributed by atoms with Gasteiger partial charge < -0.3 is 59.9 Å². The number of hydrogen-bond donors (Lipinski definition) is 11. The average molecular weight is 1030 g/mol. The van der Waals surface area contributed by atoms with Gasteiger partial charge in [0.2, 0.25) is 47.3 Å². The van der Waals surface area contributed by atoms with Crippen molar-refractivity contribution < 1.29 is 48.3 Å². The summed E-state index contributed by atoms with van der Waals surface area (Å²) in [6, 6.07) is 4.85. The number of aliphatic carboxylic acids is 1. The van der Waals surface area contributed by atoms with Crippen molar-refractivity contribution in [2.24, 2.45) is 39.8 Å². The molecule has 3 rings (SSSR count). The Balaban J connectivity index is 1.88. The maximum absolute atomic E-state index is 14.3. The molecule has 6 atom stereocenters. The molecule has 0 heterocycles. The summed E-state index contributed by atoms with van der Waals surface area (Å²) in [6.45, 7) is 3.62. The molecule has 1 fully saturated rings. The number of carbonyl (C=O) groups is 9. The summed E-state index contributed by atoms with van der Waals surface area (Å²) < 4.78 is 0. The van der Waals surface area contributed by atoms with Crippen LogP contribution in [-0.2, 0) is 49.6 Å². The van der Waals surface area contributed by atoms with Crippen molar-refractivity contribution in [1.82, 2.24) is 31.9 Å². The first-order valence-corrected chi connectivity index (χ1v) is 24.2. The predicted molar refractivity (Wildman–Crippen MR) is 268 cm³/mol. The predicted octanol–water partition coefficient (Wildman–Crippen LogP) is 1.45. The van der Waals surface area contributed by atoms with Crippen LogP contribution in [0.3, 0.4) is 0 Å². The number of nitrogens with zero attached hydrogens (tertiary/aromatic N) is 1. The van der Waals surface area contributed by atoms with Gasteiger partial charge in [0.1, 0.15) is 36.3 Å². The number of hydrogen-bond acceptors (Lipinski definition) is 10. The molecule has 8 amide bonds. The van der Waals surface area contributed by atoms with E-state index in [0.29, 0.717) is 18.4 Å². The largest absolute Gasteiger partial charge is 0.480 e. The minimum Gasteiger partial charge on any atom is -0.480 e. The van der Waals surface area contributed by atoms with E-state index in [0.717, 1.165) is 24.8 Å². The van der Waals surface area contributed by atoms with E-state index in [9.17, 15) is 48.3 Å². The molecule has 15 N–H and O–H groups in total. The first kappa shape index (κ1) is 58.6. The van der Waals surface area contributed by atoms with Gasteiger partial charge in [0.05, 0.1) is 16.5 Å². The Bertz CT molecular complexity index is 2240. The van der Waals surface area contributed by atoms with Crippen molar-refractivity contribution in [2.75, 3.05) is 6.54 Å². The summed E-state index contributed by atoms with van der Waals surface area (Å²) in [6.07, 6.45) is 5.59. The lowest BCUT2D eigenvalue weighted by Crippen LogP contribution is -2.60. The quantitative estimate of drug-likeness (QED) is 0.0239. The molecule has 0 radical (unpaired) electrons. The number of guanidine groups is 1. The highest BCUT2D eigenvalue weighted by molar-refractivity contribution is 6.42. The third kappa shape index (κ3) is 22.3. The lowest BCUT2D eigenvalue weighted by molar-refractivity contribution is -0.142. The average Bonchev–Trinajstić information content (AvgIpc) is 3.30. The smallest absolute Gasteiger partial charge is 0.326 e. The highest BCUT2D eigenvalue weighted by atomic mass is 35.5. The molecule has 1 aliphatic rings. The minimum absolute atomic E-state index is 0.0118. The van der Waals surface area contributed by atoms with Crippen molar-refractivity contribution in [2.45, 2.75) is 134 Å². The molecule has 0 spiro atoms. The number of nitrogens with two attached hydrogens (primary N) is 4. The third-order valence-corrected chi connectivity index (χ3v) is 12.2. The van der Waals surface area contributed by atoms with E-state index in [-0.39, 0.29) is 79.3 Å². The van der Waals surface area contributed by atoms with Gasteiger partial charge >= 0.3 is 5.97 Å². The number of primary amides is 2. The highest BCUT2D eigenvalue weighted by Gasteiger charge is 2.35. The van der Waals surface area contributed by atoms with Crippen LogP contribution in [0.5, 0.6) is 0 Å². The fourth-order valence-corrected chi connectivity index (χ4v) is 8.17. The number of halogens is 2. The minimum atomic E-state index is -1.68. The van der Waals surface area contributed by atoms with E-state index in [4.69, 9.17) is 46.1 Å². The standard InChI is InChI=1S/C48H67Cl2N11O10/c1-27(2)22-35(44(67)61-38(47(70)71)25-30-15-17-31(49)32(50)23-30)58-46(69)37(26-40(52)63)60-45(68)36(24-29-12-7-4-8-13-29)59-43(66)34(18-19-39(51)62)57-42(65)33(14-9-21-55-48(53)54)56-41(64)20-16-28-10-5-3-6-11-28/h3,5-6,10-11,15-17,20,23,27,29,33-38H,4,7-9,12-14,18-19,21-22,24-26H2,1-2H3,(H2,51,62)(H2,52,63)(H,56,64)(H,57,65)(H,58,69)(H,59,66)(H,60,68)(H,61,67)(H,70,71)(H4,53,54,55)/b20-16+/t33-,34?,35-,36-,37-,38-/m0/s1. The Hall–Kier alpha value is -6.74. The fraction of sp³-hybridized carbons (Fsp3) is 0.500. The van der Waals surface area contributed by atoms with Crippen LogP contribution >= 0.6 is 23.2 Å². The molecular weight excluding hydrogens is 962 g/mol. The third-order valence-electron chi connectivity index (χ3n) is 11.5. The number of nitrogens with one attached hydrogen (secondary N) is 6. The second kappa shape index (κ2) is 30.1.